The van der Waals surface area contributed by atoms with Crippen molar-refractivity contribution in [3.63, 3.8) is 0 Å². The maximum absolute atomic E-state index is 12.3. The van der Waals surface area contributed by atoms with Crippen molar-refractivity contribution in [3.8, 4) is 0 Å². The van der Waals surface area contributed by atoms with Crippen LogP contribution in [0.25, 0.3) is 0 Å². The van der Waals surface area contributed by atoms with E-state index in [1.807, 2.05) is 12.1 Å². The Bertz CT molecular complexity index is 418. The van der Waals surface area contributed by atoms with Gasteiger partial charge in [0, 0.05) is 0 Å². The van der Waals surface area contributed by atoms with E-state index < -0.39 is 12.6 Å². The molecule has 0 heterocycles. The first-order chi connectivity index (χ1) is 8.29. The second kappa shape index (κ2) is 4.29. The first kappa shape index (κ1) is 13.4. The van der Waals surface area contributed by atoms with Crippen molar-refractivity contribution >= 4 is 0 Å². The zero-order valence-corrected chi connectivity index (χ0v) is 11.0. The van der Waals surface area contributed by atoms with E-state index in [9.17, 15) is 13.2 Å². The second-order valence-electron chi connectivity index (χ2n) is 5.57. The Balaban J connectivity index is 2.14. The van der Waals surface area contributed by atoms with Gasteiger partial charge in [-0.25, -0.2) is 0 Å². The summed E-state index contributed by atoms with van der Waals surface area (Å²) in [5.74, 6) is 1.28. The minimum atomic E-state index is -4.12. The first-order valence-corrected chi connectivity index (χ1v) is 6.45. The summed E-state index contributed by atoms with van der Waals surface area (Å²) in [4.78, 5) is 0. The van der Waals surface area contributed by atoms with E-state index in [2.05, 4.69) is 20.8 Å². The molecule has 1 fully saturated rings. The van der Waals surface area contributed by atoms with Gasteiger partial charge in [0.1, 0.15) is 0 Å². The van der Waals surface area contributed by atoms with Crippen molar-refractivity contribution in [2.45, 2.75) is 45.2 Å². The van der Waals surface area contributed by atoms with Crippen LogP contribution >= 0.6 is 0 Å². The number of benzene rings is 1. The average molecular weight is 256 g/mol. The topological polar surface area (TPSA) is 0 Å². The predicted octanol–water partition coefficient (Wildman–Crippen LogP) is 4.73. The molecule has 0 aliphatic heterocycles. The molecule has 1 aliphatic rings. The molecule has 0 nitrogen and oxygen atoms in total. The predicted molar refractivity (Wildman–Crippen MR) is 66.5 cm³/mol. The molecular weight excluding hydrogens is 237 g/mol. The Hall–Kier alpha value is -0.990. The van der Waals surface area contributed by atoms with Crippen LogP contribution in [0.5, 0.6) is 0 Å². The van der Waals surface area contributed by atoms with Gasteiger partial charge in [0.2, 0.25) is 0 Å². The molecule has 0 saturated heterocycles. The molecule has 0 bridgehead atoms. The van der Waals surface area contributed by atoms with Crippen LogP contribution in [0, 0.1) is 11.8 Å². The fraction of sp³-hybridized carbons (Fsp3) is 0.600. The summed E-state index contributed by atoms with van der Waals surface area (Å²) in [6.45, 7) is 6.60. The number of halogens is 3. The summed E-state index contributed by atoms with van der Waals surface area (Å²) in [6, 6.07) is 6.97. The normalized spacial score (nSPS) is 31.4. The van der Waals surface area contributed by atoms with Crippen LogP contribution in [0.2, 0.25) is 0 Å². The lowest BCUT2D eigenvalue weighted by molar-refractivity contribution is -0.127. The maximum Gasteiger partial charge on any atom is 0.393 e. The van der Waals surface area contributed by atoms with Crippen LogP contribution in [0.3, 0.4) is 0 Å². The minimum Gasteiger partial charge on any atom is -0.171 e. The van der Waals surface area contributed by atoms with Gasteiger partial charge in [0.25, 0.3) is 0 Å². The summed E-state index contributed by atoms with van der Waals surface area (Å²) >= 11 is 0. The van der Waals surface area contributed by atoms with Crippen LogP contribution < -0.4 is 0 Å². The third kappa shape index (κ3) is 2.27. The van der Waals surface area contributed by atoms with Crippen molar-refractivity contribution in [2.75, 3.05) is 0 Å². The second-order valence-corrected chi connectivity index (χ2v) is 5.57. The molecule has 0 spiro atoms. The highest BCUT2D eigenvalue weighted by molar-refractivity contribution is 5.36. The third-order valence-corrected chi connectivity index (χ3v) is 4.63. The van der Waals surface area contributed by atoms with Crippen LogP contribution in [0.4, 0.5) is 13.2 Å². The highest BCUT2D eigenvalue weighted by Gasteiger charge is 2.57. The Morgan fingerprint density at radius 3 is 2.11 bits per heavy atom. The fourth-order valence-corrected chi connectivity index (χ4v) is 3.30. The summed E-state index contributed by atoms with van der Waals surface area (Å²) in [7, 11) is 0. The van der Waals surface area contributed by atoms with Gasteiger partial charge in [0.05, 0.1) is 6.42 Å². The molecule has 1 aromatic carbocycles. The molecule has 2 rings (SSSR count). The maximum atomic E-state index is 12.3. The van der Waals surface area contributed by atoms with E-state index in [4.69, 9.17) is 0 Å². The molecule has 0 aromatic heterocycles. The van der Waals surface area contributed by atoms with Gasteiger partial charge >= 0.3 is 6.18 Å². The highest BCUT2D eigenvalue weighted by atomic mass is 19.4. The molecule has 0 N–H and O–H groups in total. The van der Waals surface area contributed by atoms with Gasteiger partial charge in [-0.3, -0.25) is 0 Å². The largest absolute Gasteiger partial charge is 0.393 e. The number of hydrogen-bond acceptors (Lipinski definition) is 0. The Kier molecular flexibility index (Phi) is 3.20. The molecule has 1 saturated carbocycles. The van der Waals surface area contributed by atoms with Gasteiger partial charge in [-0.15, -0.1) is 0 Å². The van der Waals surface area contributed by atoms with Crippen LogP contribution in [-0.4, -0.2) is 6.18 Å². The van der Waals surface area contributed by atoms with Crippen LogP contribution in [0.1, 0.15) is 38.3 Å². The van der Waals surface area contributed by atoms with Crippen molar-refractivity contribution in [1.29, 1.82) is 0 Å². The van der Waals surface area contributed by atoms with E-state index >= 15 is 0 Å². The monoisotopic (exact) mass is 256 g/mol. The van der Waals surface area contributed by atoms with Crippen molar-refractivity contribution in [3.05, 3.63) is 35.4 Å². The third-order valence-electron chi connectivity index (χ3n) is 4.63. The smallest absolute Gasteiger partial charge is 0.171 e. The molecule has 3 atom stereocenters. The van der Waals surface area contributed by atoms with Crippen molar-refractivity contribution in [1.82, 2.24) is 0 Å². The Morgan fingerprint density at radius 2 is 1.72 bits per heavy atom. The van der Waals surface area contributed by atoms with E-state index in [-0.39, 0.29) is 5.41 Å². The molecule has 18 heavy (non-hydrogen) atoms. The summed E-state index contributed by atoms with van der Waals surface area (Å²) in [5, 5.41) is 0. The van der Waals surface area contributed by atoms with Gasteiger partial charge in [-0.2, -0.15) is 13.2 Å². The lowest BCUT2D eigenvalue weighted by Crippen LogP contribution is -2.12. The molecule has 3 heteroatoms. The SMILES string of the molecule is CCC1C(C)C1(C)c1ccc(CC(F)(F)F)cc1. The van der Waals surface area contributed by atoms with Gasteiger partial charge in [-0.1, -0.05) is 51.5 Å². The molecule has 1 aromatic rings. The average Bonchev–Trinajstić information content (AvgIpc) is 2.80. The van der Waals surface area contributed by atoms with E-state index in [1.54, 1.807) is 12.1 Å². The fourth-order valence-electron chi connectivity index (χ4n) is 3.30. The Labute approximate surface area is 106 Å². The summed E-state index contributed by atoms with van der Waals surface area (Å²) in [5.41, 5.74) is 1.68. The number of alkyl halides is 3. The zero-order valence-electron chi connectivity index (χ0n) is 11.0. The summed E-state index contributed by atoms with van der Waals surface area (Å²) in [6.07, 6.45) is -3.83. The number of hydrogen-bond donors (Lipinski definition) is 0. The highest BCUT2D eigenvalue weighted by Crippen LogP contribution is 2.60. The molecule has 3 unspecified atom stereocenters. The van der Waals surface area contributed by atoms with Crippen LogP contribution in [-0.2, 0) is 11.8 Å². The quantitative estimate of drug-likeness (QED) is 0.733. The standard InChI is InChI=1S/C15H19F3/c1-4-13-10(2)14(13,3)12-7-5-11(6-8-12)9-15(16,17)18/h5-8,10,13H,4,9H2,1-3H3. The van der Waals surface area contributed by atoms with Gasteiger partial charge < -0.3 is 0 Å². The minimum absolute atomic E-state index is 0.158. The number of rotatable bonds is 3. The van der Waals surface area contributed by atoms with E-state index in [0.717, 1.165) is 6.42 Å². The van der Waals surface area contributed by atoms with E-state index in [1.165, 1.54) is 5.56 Å². The lowest BCUT2D eigenvalue weighted by atomic mass is 9.92. The zero-order chi connectivity index (χ0) is 13.6. The first-order valence-electron chi connectivity index (χ1n) is 6.45. The molecule has 100 valence electrons. The summed E-state index contributed by atoms with van der Waals surface area (Å²) < 4.78 is 36.8. The van der Waals surface area contributed by atoms with E-state index in [0.29, 0.717) is 17.4 Å². The molecular formula is C15H19F3. The van der Waals surface area contributed by atoms with Gasteiger partial charge in [0.15, 0.2) is 0 Å². The lowest BCUT2D eigenvalue weighted by Gasteiger charge is -2.13. The molecule has 0 amide bonds. The Morgan fingerprint density at radius 1 is 1.17 bits per heavy atom. The van der Waals surface area contributed by atoms with Gasteiger partial charge in [-0.05, 0) is 28.4 Å². The van der Waals surface area contributed by atoms with Crippen molar-refractivity contribution < 1.29 is 13.2 Å². The van der Waals surface area contributed by atoms with Crippen molar-refractivity contribution in [2.24, 2.45) is 11.8 Å². The molecule has 1 aliphatic carbocycles. The molecule has 0 radical (unpaired) electrons. The van der Waals surface area contributed by atoms with Crippen LogP contribution in [0.15, 0.2) is 24.3 Å².